The first kappa shape index (κ1) is 12.5. The molecule has 0 aliphatic rings. The maximum absolute atomic E-state index is 11.6. The standard InChI is InChI=1S/C10H16N2O4/c1-6-7(13)11-9(15)12(8(6)14)10(2,3)5-16-4/h14H,5H2,1-4H3,(H,11,13,15). The summed E-state index contributed by atoms with van der Waals surface area (Å²) in [5.74, 6) is -0.323. The average molecular weight is 228 g/mol. The molecule has 0 aliphatic carbocycles. The minimum absolute atomic E-state index is 0.115. The molecule has 1 aromatic heterocycles. The second-order valence-electron chi connectivity index (χ2n) is 4.29. The fourth-order valence-corrected chi connectivity index (χ4v) is 1.59. The summed E-state index contributed by atoms with van der Waals surface area (Å²) in [6.45, 7) is 5.16. The van der Waals surface area contributed by atoms with E-state index in [1.54, 1.807) is 13.8 Å². The van der Waals surface area contributed by atoms with Crippen molar-refractivity contribution in [2.75, 3.05) is 13.7 Å². The molecule has 0 fully saturated rings. The molecular weight excluding hydrogens is 212 g/mol. The maximum Gasteiger partial charge on any atom is 0.331 e. The molecule has 1 rings (SSSR count). The second-order valence-corrected chi connectivity index (χ2v) is 4.29. The third-order valence-electron chi connectivity index (χ3n) is 2.41. The third-order valence-corrected chi connectivity index (χ3v) is 2.41. The summed E-state index contributed by atoms with van der Waals surface area (Å²) in [5.41, 5.74) is -1.84. The van der Waals surface area contributed by atoms with Crippen molar-refractivity contribution >= 4 is 0 Å². The van der Waals surface area contributed by atoms with Gasteiger partial charge in [-0.3, -0.25) is 14.3 Å². The van der Waals surface area contributed by atoms with E-state index in [4.69, 9.17) is 4.74 Å². The number of nitrogens with zero attached hydrogens (tertiary/aromatic N) is 1. The fourth-order valence-electron chi connectivity index (χ4n) is 1.59. The van der Waals surface area contributed by atoms with Crippen molar-refractivity contribution in [2.45, 2.75) is 26.3 Å². The zero-order valence-corrected chi connectivity index (χ0v) is 9.83. The van der Waals surface area contributed by atoms with Crippen molar-refractivity contribution in [1.82, 2.24) is 9.55 Å². The predicted octanol–water partition coefficient (Wildman–Crippen LogP) is -0.0679. The Labute approximate surface area is 92.5 Å². The first-order chi connectivity index (χ1) is 7.31. The lowest BCUT2D eigenvalue weighted by atomic mass is 10.1. The minimum atomic E-state index is -0.731. The lowest BCUT2D eigenvalue weighted by Crippen LogP contribution is -2.43. The van der Waals surface area contributed by atoms with E-state index in [1.807, 2.05) is 0 Å². The van der Waals surface area contributed by atoms with Crippen LogP contribution in [0.4, 0.5) is 0 Å². The van der Waals surface area contributed by atoms with Gasteiger partial charge in [-0.1, -0.05) is 0 Å². The molecule has 0 saturated heterocycles. The predicted molar refractivity (Wildman–Crippen MR) is 58.9 cm³/mol. The number of aromatic hydroxyl groups is 1. The van der Waals surface area contributed by atoms with E-state index in [1.165, 1.54) is 14.0 Å². The van der Waals surface area contributed by atoms with Gasteiger partial charge in [0.1, 0.15) is 0 Å². The molecule has 0 atom stereocenters. The highest BCUT2D eigenvalue weighted by Crippen LogP contribution is 2.20. The van der Waals surface area contributed by atoms with Crippen LogP contribution < -0.4 is 11.2 Å². The van der Waals surface area contributed by atoms with Crippen LogP contribution in [0.25, 0.3) is 0 Å². The molecule has 90 valence electrons. The third kappa shape index (κ3) is 2.01. The van der Waals surface area contributed by atoms with Gasteiger partial charge in [0, 0.05) is 7.11 Å². The lowest BCUT2D eigenvalue weighted by molar-refractivity contribution is 0.0996. The lowest BCUT2D eigenvalue weighted by Gasteiger charge is -2.27. The van der Waals surface area contributed by atoms with Crippen molar-refractivity contribution in [3.8, 4) is 5.88 Å². The summed E-state index contributed by atoms with van der Waals surface area (Å²) < 4.78 is 6.10. The van der Waals surface area contributed by atoms with Gasteiger partial charge >= 0.3 is 5.69 Å². The SMILES string of the molecule is COCC(C)(C)n1c(O)c(C)c(=O)[nH]c1=O. The highest BCUT2D eigenvalue weighted by molar-refractivity contribution is 5.22. The molecule has 0 spiro atoms. The number of aromatic amines is 1. The zero-order chi connectivity index (χ0) is 12.5. The number of rotatable bonds is 3. The Morgan fingerprint density at radius 1 is 1.44 bits per heavy atom. The largest absolute Gasteiger partial charge is 0.494 e. The average Bonchev–Trinajstić information content (AvgIpc) is 2.13. The van der Waals surface area contributed by atoms with Gasteiger partial charge in [-0.15, -0.1) is 0 Å². The van der Waals surface area contributed by atoms with Crippen molar-refractivity contribution in [3.63, 3.8) is 0 Å². The van der Waals surface area contributed by atoms with Gasteiger partial charge < -0.3 is 9.84 Å². The Morgan fingerprint density at radius 2 is 2.00 bits per heavy atom. The number of aromatic nitrogens is 2. The van der Waals surface area contributed by atoms with Crippen LogP contribution in [0.2, 0.25) is 0 Å². The van der Waals surface area contributed by atoms with Crippen LogP contribution in [0.3, 0.4) is 0 Å². The summed E-state index contributed by atoms with van der Waals surface area (Å²) >= 11 is 0. The van der Waals surface area contributed by atoms with Crippen LogP contribution in [-0.2, 0) is 10.3 Å². The Hall–Kier alpha value is -1.56. The summed E-state index contributed by atoms with van der Waals surface area (Å²) in [4.78, 5) is 25.0. The van der Waals surface area contributed by atoms with Crippen LogP contribution >= 0.6 is 0 Å². The molecule has 0 radical (unpaired) electrons. The Bertz CT molecular complexity index is 499. The van der Waals surface area contributed by atoms with Gasteiger partial charge in [0.25, 0.3) is 5.56 Å². The summed E-state index contributed by atoms with van der Waals surface area (Å²) in [7, 11) is 1.50. The van der Waals surface area contributed by atoms with E-state index in [-0.39, 0.29) is 18.1 Å². The van der Waals surface area contributed by atoms with Crippen LogP contribution in [0.1, 0.15) is 19.4 Å². The molecule has 2 N–H and O–H groups in total. The van der Waals surface area contributed by atoms with Gasteiger partial charge in [0.15, 0.2) is 0 Å². The van der Waals surface area contributed by atoms with E-state index < -0.39 is 16.8 Å². The second kappa shape index (κ2) is 4.13. The van der Waals surface area contributed by atoms with Gasteiger partial charge in [-0.25, -0.2) is 4.79 Å². The topological polar surface area (TPSA) is 84.3 Å². The summed E-state index contributed by atoms with van der Waals surface area (Å²) in [6.07, 6.45) is 0. The Kier molecular flexibility index (Phi) is 3.23. The molecule has 0 aliphatic heterocycles. The van der Waals surface area contributed by atoms with Crippen molar-refractivity contribution < 1.29 is 9.84 Å². The Balaban J connectivity index is 3.52. The molecule has 0 unspecified atom stereocenters. The van der Waals surface area contributed by atoms with E-state index in [9.17, 15) is 14.7 Å². The minimum Gasteiger partial charge on any atom is -0.494 e. The molecule has 0 bridgehead atoms. The molecule has 1 aromatic rings. The Morgan fingerprint density at radius 3 is 2.50 bits per heavy atom. The number of hydrogen-bond donors (Lipinski definition) is 2. The number of hydrogen-bond acceptors (Lipinski definition) is 4. The van der Waals surface area contributed by atoms with Crippen LogP contribution in [-0.4, -0.2) is 28.4 Å². The molecule has 0 amide bonds. The van der Waals surface area contributed by atoms with E-state index in [0.717, 1.165) is 4.57 Å². The number of nitrogens with one attached hydrogen (secondary N) is 1. The summed E-state index contributed by atoms with van der Waals surface area (Å²) in [5, 5.41) is 9.81. The van der Waals surface area contributed by atoms with Gasteiger partial charge in [0.05, 0.1) is 17.7 Å². The molecular formula is C10H16N2O4. The van der Waals surface area contributed by atoms with Crippen molar-refractivity contribution in [2.24, 2.45) is 0 Å². The number of ether oxygens (including phenoxy) is 1. The van der Waals surface area contributed by atoms with Crippen LogP contribution in [0, 0.1) is 6.92 Å². The van der Waals surface area contributed by atoms with E-state index in [0.29, 0.717) is 0 Å². The van der Waals surface area contributed by atoms with E-state index >= 15 is 0 Å². The molecule has 0 aromatic carbocycles. The maximum atomic E-state index is 11.6. The molecule has 6 heteroatoms. The molecule has 16 heavy (non-hydrogen) atoms. The highest BCUT2D eigenvalue weighted by atomic mass is 16.5. The molecule has 1 heterocycles. The fraction of sp³-hybridized carbons (Fsp3) is 0.600. The highest BCUT2D eigenvalue weighted by Gasteiger charge is 2.26. The van der Waals surface area contributed by atoms with Crippen molar-refractivity contribution in [3.05, 3.63) is 26.4 Å². The normalized spacial score (nSPS) is 11.8. The summed E-state index contributed by atoms with van der Waals surface area (Å²) in [6, 6.07) is 0. The first-order valence-electron chi connectivity index (χ1n) is 4.85. The van der Waals surface area contributed by atoms with Gasteiger partial charge in [-0.05, 0) is 20.8 Å². The first-order valence-corrected chi connectivity index (χ1v) is 4.85. The monoisotopic (exact) mass is 228 g/mol. The molecule has 0 saturated carbocycles. The number of H-pyrrole nitrogens is 1. The smallest absolute Gasteiger partial charge is 0.331 e. The zero-order valence-electron chi connectivity index (χ0n) is 9.83. The van der Waals surface area contributed by atoms with E-state index in [2.05, 4.69) is 4.98 Å². The number of methoxy groups -OCH3 is 1. The molecule has 6 nitrogen and oxygen atoms in total. The van der Waals surface area contributed by atoms with Gasteiger partial charge in [-0.2, -0.15) is 0 Å². The van der Waals surface area contributed by atoms with Crippen LogP contribution in [0.15, 0.2) is 9.59 Å². The van der Waals surface area contributed by atoms with Gasteiger partial charge in [0.2, 0.25) is 5.88 Å². The van der Waals surface area contributed by atoms with Crippen LogP contribution in [0.5, 0.6) is 5.88 Å². The van der Waals surface area contributed by atoms with Crippen molar-refractivity contribution in [1.29, 1.82) is 0 Å². The quantitative estimate of drug-likeness (QED) is 0.758.